The van der Waals surface area contributed by atoms with Crippen LogP contribution in [0.25, 0.3) is 0 Å². The molecule has 0 aromatic carbocycles. The maximum atomic E-state index is 11.4. The molecule has 0 aliphatic carbocycles. The lowest BCUT2D eigenvalue weighted by Gasteiger charge is -2.31. The molecule has 2 amide bonds. The van der Waals surface area contributed by atoms with E-state index in [4.69, 9.17) is 0 Å². The first-order chi connectivity index (χ1) is 12.8. The first-order valence-electron chi connectivity index (χ1n) is 11.1. The average molecular weight is 388 g/mol. The molecule has 0 aromatic heterocycles. The van der Waals surface area contributed by atoms with Crippen molar-refractivity contribution in [3.05, 3.63) is 0 Å². The summed E-state index contributed by atoms with van der Waals surface area (Å²) >= 11 is 0. The van der Waals surface area contributed by atoms with Gasteiger partial charge in [0.1, 0.15) is 0 Å². The summed E-state index contributed by atoms with van der Waals surface area (Å²) in [5, 5.41) is 5.85. The second-order valence-corrected chi connectivity index (χ2v) is 8.35. The zero-order valence-corrected chi connectivity index (χ0v) is 18.8. The molecule has 0 saturated carbocycles. The van der Waals surface area contributed by atoms with E-state index >= 15 is 0 Å². The van der Waals surface area contributed by atoms with E-state index in [9.17, 15) is 9.59 Å². The first-order valence-corrected chi connectivity index (χ1v) is 11.1. The molecule has 1 aliphatic rings. The molecule has 27 heavy (non-hydrogen) atoms. The van der Waals surface area contributed by atoms with Crippen molar-refractivity contribution in [1.82, 2.24) is 15.5 Å². The number of carbonyl (C=O) groups is 2. The Morgan fingerprint density at radius 3 is 2.15 bits per heavy atom. The Morgan fingerprint density at radius 2 is 1.67 bits per heavy atom. The van der Waals surface area contributed by atoms with Gasteiger partial charge in [-0.2, -0.15) is 0 Å². The van der Waals surface area contributed by atoms with Crippen LogP contribution in [0, 0.1) is 17.8 Å². The molecule has 0 spiro atoms. The van der Waals surface area contributed by atoms with Crippen LogP contribution in [-0.4, -0.2) is 49.4 Å². The van der Waals surface area contributed by atoms with Gasteiger partial charge in [-0.05, 0) is 63.6 Å². The largest absolute Gasteiger partial charge is 0.356 e. The minimum Gasteiger partial charge on any atom is -0.356 e. The highest BCUT2D eigenvalue weighted by atomic mass is 16.2. The molecule has 0 aromatic rings. The van der Waals surface area contributed by atoms with Crippen molar-refractivity contribution >= 4 is 11.8 Å². The van der Waals surface area contributed by atoms with Crippen LogP contribution in [-0.2, 0) is 9.59 Å². The van der Waals surface area contributed by atoms with Crippen LogP contribution in [0.1, 0.15) is 82.9 Å². The Morgan fingerprint density at radius 1 is 1.04 bits per heavy atom. The molecule has 1 saturated heterocycles. The second-order valence-electron chi connectivity index (χ2n) is 8.35. The molecule has 1 aliphatic heterocycles. The predicted molar refractivity (Wildman–Crippen MR) is 119 cm³/mol. The highest BCUT2D eigenvalue weighted by Gasteiger charge is 2.17. The average Bonchev–Trinajstić information content (AvgIpc) is 2.65. The zero-order valence-electron chi connectivity index (χ0n) is 18.8. The monoisotopic (exact) mass is 387 g/mol. The van der Waals surface area contributed by atoms with Crippen LogP contribution in [0.2, 0.25) is 0 Å². The van der Waals surface area contributed by atoms with Crippen molar-refractivity contribution in [3.63, 3.8) is 0 Å². The summed E-state index contributed by atoms with van der Waals surface area (Å²) in [7, 11) is 0. The van der Waals surface area contributed by atoms with Crippen LogP contribution in [0.4, 0.5) is 0 Å². The van der Waals surface area contributed by atoms with Crippen LogP contribution < -0.4 is 10.6 Å². The molecule has 1 rings (SSSR count). The van der Waals surface area contributed by atoms with Gasteiger partial charge >= 0.3 is 0 Å². The summed E-state index contributed by atoms with van der Waals surface area (Å²) in [6, 6.07) is 0. The number of nitrogens with zero attached hydrogens (tertiary/aromatic N) is 1. The highest BCUT2D eigenvalue weighted by molar-refractivity contribution is 5.77. The molecular formula is C22H49N3O2. The van der Waals surface area contributed by atoms with E-state index in [-0.39, 0.29) is 20.6 Å². The summed E-state index contributed by atoms with van der Waals surface area (Å²) in [5.74, 6) is 2.02. The van der Waals surface area contributed by atoms with Crippen molar-refractivity contribution in [1.29, 1.82) is 0 Å². The molecule has 1 heterocycles. The van der Waals surface area contributed by atoms with Gasteiger partial charge in [-0.1, -0.05) is 41.5 Å². The lowest BCUT2D eigenvalue weighted by Crippen LogP contribution is -2.35. The topological polar surface area (TPSA) is 61.4 Å². The van der Waals surface area contributed by atoms with Crippen LogP contribution in [0.15, 0.2) is 0 Å². The molecule has 2 N–H and O–H groups in total. The Kier molecular flexibility index (Phi) is 15.3. The minimum atomic E-state index is 0. The fraction of sp³-hybridized carbons (Fsp3) is 0.909. The summed E-state index contributed by atoms with van der Waals surface area (Å²) < 4.78 is 0. The van der Waals surface area contributed by atoms with E-state index in [1.807, 2.05) is 20.8 Å². The summed E-state index contributed by atoms with van der Waals surface area (Å²) in [5.41, 5.74) is 0. The summed E-state index contributed by atoms with van der Waals surface area (Å²) in [4.78, 5) is 24.6. The zero-order chi connectivity index (χ0) is 20.7. The molecule has 0 atom stereocenters. The normalized spacial score (nSPS) is 15.4. The number of carbonyl (C=O) groups excluding carboxylic acids is 2. The molecule has 1 fully saturated rings. The standard InChI is InChI=1S/C13H26N2O.C9H19NO.2H2/c1-4-15-9-6-12(7-10-15)5-8-14-13(16)11(2)3;1-4-9(11)10-7-5-6-8(2)3;;/h11-12H,4-10H2,1-3H3,(H,14,16);8H,4-7H2,1-3H3,(H,10,11);2*1H. The van der Waals surface area contributed by atoms with Crippen LogP contribution in [0.3, 0.4) is 0 Å². The van der Waals surface area contributed by atoms with Gasteiger partial charge in [-0.15, -0.1) is 0 Å². The van der Waals surface area contributed by atoms with Crippen molar-refractivity contribution in [2.24, 2.45) is 17.8 Å². The Bertz CT molecular complexity index is 400. The molecule has 164 valence electrons. The summed E-state index contributed by atoms with van der Waals surface area (Å²) in [6.45, 7) is 17.7. The molecule has 0 radical (unpaired) electrons. The molecular weight excluding hydrogens is 338 g/mol. The van der Waals surface area contributed by atoms with E-state index in [0.717, 1.165) is 37.8 Å². The van der Waals surface area contributed by atoms with Crippen molar-refractivity contribution in [2.75, 3.05) is 32.7 Å². The highest BCUT2D eigenvalue weighted by Crippen LogP contribution is 2.19. The van der Waals surface area contributed by atoms with Gasteiger partial charge in [0.05, 0.1) is 0 Å². The summed E-state index contributed by atoms with van der Waals surface area (Å²) in [6.07, 6.45) is 6.64. The fourth-order valence-electron chi connectivity index (χ4n) is 3.06. The second kappa shape index (κ2) is 15.9. The Balaban J connectivity index is -0.000000464. The van der Waals surface area contributed by atoms with Gasteiger partial charge < -0.3 is 15.5 Å². The van der Waals surface area contributed by atoms with Gasteiger partial charge in [0.25, 0.3) is 0 Å². The lowest BCUT2D eigenvalue weighted by atomic mass is 9.93. The van der Waals surface area contributed by atoms with Gasteiger partial charge in [0, 0.05) is 28.3 Å². The van der Waals surface area contributed by atoms with Gasteiger partial charge in [-0.3, -0.25) is 9.59 Å². The van der Waals surface area contributed by atoms with Gasteiger partial charge in [-0.25, -0.2) is 0 Å². The van der Waals surface area contributed by atoms with E-state index in [0.29, 0.717) is 6.42 Å². The molecule has 5 heteroatoms. The number of likely N-dealkylation sites (tertiary alicyclic amines) is 1. The number of hydrogen-bond donors (Lipinski definition) is 2. The van der Waals surface area contributed by atoms with Crippen molar-refractivity contribution < 1.29 is 12.4 Å². The minimum absolute atomic E-state index is 0. The maximum absolute atomic E-state index is 11.4. The third kappa shape index (κ3) is 14.6. The van der Waals surface area contributed by atoms with E-state index in [1.165, 1.54) is 38.9 Å². The lowest BCUT2D eigenvalue weighted by molar-refractivity contribution is -0.124. The SMILES string of the molecule is CCC(=O)NCCCC(C)C.CCN1CCC(CCNC(=O)C(C)C)CC1.[HH].[HH]. The van der Waals surface area contributed by atoms with Crippen LogP contribution in [0.5, 0.6) is 0 Å². The fourth-order valence-corrected chi connectivity index (χ4v) is 3.06. The third-order valence-electron chi connectivity index (χ3n) is 5.13. The smallest absolute Gasteiger partial charge is 0.222 e. The predicted octanol–water partition coefficient (Wildman–Crippen LogP) is 4.32. The first kappa shape index (κ1) is 25.9. The maximum Gasteiger partial charge on any atom is 0.222 e. The van der Waals surface area contributed by atoms with Crippen molar-refractivity contribution in [3.8, 4) is 0 Å². The van der Waals surface area contributed by atoms with Gasteiger partial charge in [0.15, 0.2) is 0 Å². The van der Waals surface area contributed by atoms with E-state index in [2.05, 4.69) is 36.3 Å². The molecule has 5 nitrogen and oxygen atoms in total. The van der Waals surface area contributed by atoms with Crippen LogP contribution >= 0.6 is 0 Å². The molecule has 0 bridgehead atoms. The number of piperidine rings is 1. The number of nitrogens with one attached hydrogen (secondary N) is 2. The van der Waals surface area contributed by atoms with E-state index in [1.54, 1.807) is 0 Å². The number of hydrogen-bond acceptors (Lipinski definition) is 3. The molecule has 0 unspecified atom stereocenters. The van der Waals surface area contributed by atoms with E-state index < -0.39 is 0 Å². The Hall–Kier alpha value is -1.10. The Labute approximate surface area is 171 Å². The quantitative estimate of drug-likeness (QED) is 0.549. The number of rotatable bonds is 10. The number of amides is 2. The van der Waals surface area contributed by atoms with Crippen molar-refractivity contribution in [2.45, 2.75) is 80.1 Å². The third-order valence-corrected chi connectivity index (χ3v) is 5.13. The van der Waals surface area contributed by atoms with Gasteiger partial charge in [0.2, 0.25) is 11.8 Å².